The Kier molecular flexibility index (Phi) is 7.32. The van der Waals surface area contributed by atoms with Gasteiger partial charge >= 0.3 is 0 Å². The van der Waals surface area contributed by atoms with Crippen molar-refractivity contribution in [2.75, 3.05) is 19.7 Å². The summed E-state index contributed by atoms with van der Waals surface area (Å²) >= 11 is 3.10. The molecule has 0 aliphatic heterocycles. The smallest absolute Gasteiger partial charge is 0.287 e. The van der Waals surface area contributed by atoms with Gasteiger partial charge in [-0.15, -0.1) is 0 Å². The van der Waals surface area contributed by atoms with Crippen LogP contribution < -0.4 is 10.6 Å². The molecule has 1 heterocycles. The van der Waals surface area contributed by atoms with Crippen molar-refractivity contribution in [1.82, 2.24) is 10.6 Å². The van der Waals surface area contributed by atoms with Crippen molar-refractivity contribution in [3.63, 3.8) is 0 Å². The summed E-state index contributed by atoms with van der Waals surface area (Å²) in [5.74, 6) is -0.286. The van der Waals surface area contributed by atoms with Crippen LogP contribution in [0.25, 0.3) is 0 Å². The Morgan fingerprint density at radius 2 is 2.15 bits per heavy atom. The summed E-state index contributed by atoms with van der Waals surface area (Å²) in [7, 11) is 0. The number of hydrogen-bond donors (Lipinski definition) is 3. The Labute approximate surface area is 126 Å². The number of nitrogens with one attached hydrogen (secondary N) is 2. The third kappa shape index (κ3) is 6.21. The van der Waals surface area contributed by atoms with Gasteiger partial charge in [-0.25, -0.2) is 0 Å². The number of carbonyl (C=O) groups is 2. The fourth-order valence-electron chi connectivity index (χ4n) is 1.52. The van der Waals surface area contributed by atoms with E-state index in [-0.39, 0.29) is 30.7 Å². The van der Waals surface area contributed by atoms with Crippen LogP contribution in [0.4, 0.5) is 0 Å². The molecule has 0 aliphatic carbocycles. The van der Waals surface area contributed by atoms with Gasteiger partial charge in [0.15, 0.2) is 10.4 Å². The van der Waals surface area contributed by atoms with E-state index in [2.05, 4.69) is 26.6 Å². The van der Waals surface area contributed by atoms with Gasteiger partial charge in [0.2, 0.25) is 5.91 Å². The predicted octanol–water partition coefficient (Wildman–Crippen LogP) is 1.30. The van der Waals surface area contributed by atoms with Crippen molar-refractivity contribution in [3.05, 3.63) is 22.6 Å². The SMILES string of the molecule is CC(CO)CCCNC(=O)CNC(=O)c1ccc(Br)o1. The molecule has 1 aromatic heterocycles. The van der Waals surface area contributed by atoms with Crippen LogP contribution in [0.15, 0.2) is 21.2 Å². The van der Waals surface area contributed by atoms with E-state index in [1.54, 1.807) is 6.07 Å². The third-order valence-electron chi connectivity index (χ3n) is 2.71. The second-order valence-electron chi connectivity index (χ2n) is 4.57. The number of aliphatic hydroxyl groups is 1. The monoisotopic (exact) mass is 346 g/mol. The molecule has 7 heteroatoms. The van der Waals surface area contributed by atoms with Gasteiger partial charge in [0, 0.05) is 13.2 Å². The molecule has 0 radical (unpaired) electrons. The molecule has 2 amide bonds. The third-order valence-corrected chi connectivity index (χ3v) is 3.14. The van der Waals surface area contributed by atoms with E-state index < -0.39 is 5.91 Å². The molecule has 0 bridgehead atoms. The molecule has 0 saturated carbocycles. The van der Waals surface area contributed by atoms with Crippen LogP contribution in [0.5, 0.6) is 0 Å². The van der Waals surface area contributed by atoms with Gasteiger partial charge in [-0.05, 0) is 46.8 Å². The van der Waals surface area contributed by atoms with Gasteiger partial charge in [-0.1, -0.05) is 6.92 Å². The van der Waals surface area contributed by atoms with E-state index in [9.17, 15) is 9.59 Å². The number of halogens is 1. The summed E-state index contributed by atoms with van der Waals surface area (Å²) in [6, 6.07) is 3.13. The molecule has 0 saturated heterocycles. The number of hydrogen-bond acceptors (Lipinski definition) is 4. The summed E-state index contributed by atoms with van der Waals surface area (Å²) in [5.41, 5.74) is 0. The number of amides is 2. The first-order valence-electron chi connectivity index (χ1n) is 6.44. The van der Waals surface area contributed by atoms with Crippen molar-refractivity contribution < 1.29 is 19.1 Å². The van der Waals surface area contributed by atoms with E-state index in [1.807, 2.05) is 6.92 Å². The summed E-state index contributed by atoms with van der Waals surface area (Å²) in [5, 5.41) is 14.0. The highest BCUT2D eigenvalue weighted by Crippen LogP contribution is 2.13. The molecule has 1 atom stereocenters. The molecular weight excluding hydrogens is 328 g/mol. The summed E-state index contributed by atoms with van der Waals surface area (Å²) in [4.78, 5) is 23.1. The molecule has 1 aromatic rings. The molecule has 112 valence electrons. The molecule has 20 heavy (non-hydrogen) atoms. The zero-order valence-corrected chi connectivity index (χ0v) is 12.9. The molecular formula is C13H19BrN2O4. The lowest BCUT2D eigenvalue weighted by Crippen LogP contribution is -2.37. The zero-order chi connectivity index (χ0) is 15.0. The van der Waals surface area contributed by atoms with Crippen molar-refractivity contribution >= 4 is 27.7 Å². The first-order valence-corrected chi connectivity index (χ1v) is 7.23. The highest BCUT2D eigenvalue weighted by atomic mass is 79.9. The average molecular weight is 347 g/mol. The topological polar surface area (TPSA) is 91.6 Å². The maximum absolute atomic E-state index is 11.6. The Balaban J connectivity index is 2.15. The lowest BCUT2D eigenvalue weighted by Gasteiger charge is -2.08. The fourth-order valence-corrected chi connectivity index (χ4v) is 1.82. The Hall–Kier alpha value is -1.34. The number of rotatable bonds is 8. The van der Waals surface area contributed by atoms with Gasteiger partial charge in [0.1, 0.15) is 0 Å². The molecule has 0 fully saturated rings. The van der Waals surface area contributed by atoms with Crippen LogP contribution in [-0.4, -0.2) is 36.6 Å². The second kappa shape index (κ2) is 8.76. The van der Waals surface area contributed by atoms with Gasteiger partial charge in [-0.2, -0.15) is 0 Å². The first kappa shape index (κ1) is 16.7. The standard InChI is InChI=1S/C13H19BrN2O4/c1-9(8-17)3-2-6-15-12(18)7-16-13(19)10-4-5-11(14)20-10/h4-5,9,17H,2-3,6-8H2,1H3,(H,15,18)(H,16,19). The number of aliphatic hydroxyl groups excluding tert-OH is 1. The minimum atomic E-state index is -0.431. The normalized spacial score (nSPS) is 11.9. The minimum Gasteiger partial charge on any atom is -0.444 e. The number of furan rings is 1. The Bertz CT molecular complexity index is 447. The second-order valence-corrected chi connectivity index (χ2v) is 5.35. The lowest BCUT2D eigenvalue weighted by atomic mass is 10.1. The first-order chi connectivity index (χ1) is 9.52. The van der Waals surface area contributed by atoms with Gasteiger partial charge < -0.3 is 20.2 Å². The molecule has 1 rings (SSSR count). The molecule has 0 aliphatic rings. The van der Waals surface area contributed by atoms with Crippen LogP contribution in [-0.2, 0) is 4.79 Å². The van der Waals surface area contributed by atoms with Gasteiger partial charge in [-0.3, -0.25) is 9.59 Å². The van der Waals surface area contributed by atoms with Crippen LogP contribution in [0.2, 0.25) is 0 Å². The predicted molar refractivity (Wildman–Crippen MR) is 77.2 cm³/mol. The molecule has 6 nitrogen and oxygen atoms in total. The highest BCUT2D eigenvalue weighted by molar-refractivity contribution is 9.10. The quantitative estimate of drug-likeness (QED) is 0.618. The van der Waals surface area contributed by atoms with Gasteiger partial charge in [0.05, 0.1) is 6.54 Å². The largest absolute Gasteiger partial charge is 0.444 e. The highest BCUT2D eigenvalue weighted by Gasteiger charge is 2.11. The molecule has 0 spiro atoms. The van der Waals surface area contributed by atoms with Crippen molar-refractivity contribution in [3.8, 4) is 0 Å². The van der Waals surface area contributed by atoms with Crippen molar-refractivity contribution in [1.29, 1.82) is 0 Å². The van der Waals surface area contributed by atoms with E-state index in [1.165, 1.54) is 6.07 Å². The Morgan fingerprint density at radius 3 is 2.75 bits per heavy atom. The van der Waals surface area contributed by atoms with E-state index >= 15 is 0 Å². The fraction of sp³-hybridized carbons (Fsp3) is 0.538. The summed E-state index contributed by atoms with van der Waals surface area (Å²) in [6.07, 6.45) is 1.65. The summed E-state index contributed by atoms with van der Waals surface area (Å²) < 4.78 is 5.53. The van der Waals surface area contributed by atoms with Crippen LogP contribution >= 0.6 is 15.9 Å². The molecule has 0 aromatic carbocycles. The molecule has 1 unspecified atom stereocenters. The van der Waals surface area contributed by atoms with E-state index in [0.717, 1.165) is 12.8 Å². The molecule has 3 N–H and O–H groups in total. The van der Waals surface area contributed by atoms with Crippen LogP contribution in [0.3, 0.4) is 0 Å². The Morgan fingerprint density at radius 1 is 1.40 bits per heavy atom. The van der Waals surface area contributed by atoms with Crippen molar-refractivity contribution in [2.24, 2.45) is 5.92 Å². The maximum Gasteiger partial charge on any atom is 0.287 e. The van der Waals surface area contributed by atoms with Crippen LogP contribution in [0.1, 0.15) is 30.3 Å². The summed E-state index contributed by atoms with van der Waals surface area (Å²) in [6.45, 7) is 2.55. The average Bonchev–Trinajstić information content (AvgIpc) is 2.87. The maximum atomic E-state index is 11.6. The van der Waals surface area contributed by atoms with Crippen molar-refractivity contribution in [2.45, 2.75) is 19.8 Å². The van der Waals surface area contributed by atoms with Crippen LogP contribution in [0, 0.1) is 5.92 Å². The number of carbonyl (C=O) groups excluding carboxylic acids is 2. The minimum absolute atomic E-state index is 0.0906. The van der Waals surface area contributed by atoms with E-state index in [0.29, 0.717) is 11.2 Å². The van der Waals surface area contributed by atoms with Gasteiger partial charge in [0.25, 0.3) is 5.91 Å². The zero-order valence-electron chi connectivity index (χ0n) is 11.3. The lowest BCUT2D eigenvalue weighted by molar-refractivity contribution is -0.120. The van der Waals surface area contributed by atoms with E-state index in [4.69, 9.17) is 9.52 Å².